The maximum atomic E-state index is 5.51. The van der Waals surface area contributed by atoms with Crippen molar-refractivity contribution in [2.45, 2.75) is 19.4 Å². The summed E-state index contributed by atoms with van der Waals surface area (Å²) in [6.07, 6.45) is 1.51. The molecule has 0 radical (unpaired) electrons. The van der Waals surface area contributed by atoms with Crippen LogP contribution in [0.5, 0.6) is 0 Å². The summed E-state index contributed by atoms with van der Waals surface area (Å²) in [6, 6.07) is 5.88. The number of nitrogens with one attached hydrogen (secondary N) is 1. The third kappa shape index (κ3) is 2.92. The molecular formula is C11H15BrN2O. The number of anilines is 1. The molecule has 0 amide bonds. The van der Waals surface area contributed by atoms with Crippen LogP contribution in [0.15, 0.2) is 22.8 Å². The van der Waals surface area contributed by atoms with Gasteiger partial charge in [0, 0.05) is 19.1 Å². The van der Waals surface area contributed by atoms with E-state index in [1.165, 1.54) is 0 Å². The predicted octanol–water partition coefficient (Wildman–Crippen LogP) is 2.68. The van der Waals surface area contributed by atoms with Crippen molar-refractivity contribution in [2.24, 2.45) is 5.92 Å². The smallest absolute Gasteiger partial charge is 0.127 e. The molecular weight excluding hydrogens is 256 g/mol. The van der Waals surface area contributed by atoms with Crippen LogP contribution < -0.4 is 5.32 Å². The summed E-state index contributed by atoms with van der Waals surface area (Å²) in [6.45, 7) is 3.96. The molecule has 1 N–H and O–H groups in total. The average Bonchev–Trinajstić information content (AvgIpc) is 2.61. The van der Waals surface area contributed by atoms with Gasteiger partial charge in [-0.1, -0.05) is 6.07 Å². The Morgan fingerprint density at radius 2 is 2.47 bits per heavy atom. The zero-order chi connectivity index (χ0) is 10.7. The number of hydrogen-bond donors (Lipinski definition) is 1. The van der Waals surface area contributed by atoms with Gasteiger partial charge in [-0.3, -0.25) is 0 Å². The lowest BCUT2D eigenvalue weighted by Crippen LogP contribution is -2.21. The highest BCUT2D eigenvalue weighted by Gasteiger charge is 2.23. The fourth-order valence-electron chi connectivity index (χ4n) is 1.79. The molecule has 1 aliphatic rings. The lowest BCUT2D eigenvalue weighted by Gasteiger charge is -2.14. The van der Waals surface area contributed by atoms with Gasteiger partial charge in [0.2, 0.25) is 0 Å². The highest BCUT2D eigenvalue weighted by Crippen LogP contribution is 2.20. The van der Waals surface area contributed by atoms with Crippen LogP contribution in [0.2, 0.25) is 0 Å². The Hall–Kier alpha value is -0.610. The average molecular weight is 271 g/mol. The topological polar surface area (TPSA) is 34.1 Å². The van der Waals surface area contributed by atoms with E-state index in [1.807, 2.05) is 18.2 Å². The van der Waals surface area contributed by atoms with E-state index in [2.05, 4.69) is 33.2 Å². The van der Waals surface area contributed by atoms with Gasteiger partial charge in [-0.15, -0.1) is 0 Å². The maximum absolute atomic E-state index is 5.51. The number of ether oxygens (including phenoxy) is 1. The summed E-state index contributed by atoms with van der Waals surface area (Å²) >= 11 is 3.35. The van der Waals surface area contributed by atoms with Crippen LogP contribution in [0.1, 0.15) is 13.3 Å². The van der Waals surface area contributed by atoms with Crippen LogP contribution in [0.25, 0.3) is 0 Å². The fourth-order valence-corrected chi connectivity index (χ4v) is 2.13. The normalized spacial score (nSPS) is 25.5. The molecule has 1 aromatic heterocycles. The fraction of sp³-hybridized carbons (Fsp3) is 0.545. The van der Waals surface area contributed by atoms with Crippen molar-refractivity contribution in [3.8, 4) is 0 Å². The Kier molecular flexibility index (Phi) is 3.59. The van der Waals surface area contributed by atoms with E-state index < -0.39 is 0 Å². The first-order valence-electron chi connectivity index (χ1n) is 5.24. The van der Waals surface area contributed by atoms with Gasteiger partial charge in [0.15, 0.2) is 0 Å². The van der Waals surface area contributed by atoms with Gasteiger partial charge in [-0.2, -0.15) is 0 Å². The van der Waals surface area contributed by atoms with Crippen molar-refractivity contribution in [3.05, 3.63) is 22.8 Å². The van der Waals surface area contributed by atoms with Crippen LogP contribution in [0, 0.1) is 5.92 Å². The maximum Gasteiger partial charge on any atom is 0.127 e. The van der Waals surface area contributed by atoms with Crippen LogP contribution in [0.4, 0.5) is 5.82 Å². The monoisotopic (exact) mass is 270 g/mol. The number of nitrogens with zero attached hydrogens (tertiary/aromatic N) is 1. The third-order valence-electron chi connectivity index (χ3n) is 2.79. The molecule has 2 heterocycles. The third-order valence-corrected chi connectivity index (χ3v) is 3.24. The summed E-state index contributed by atoms with van der Waals surface area (Å²) in [5.41, 5.74) is 0. The first-order valence-corrected chi connectivity index (χ1v) is 6.03. The van der Waals surface area contributed by atoms with Gasteiger partial charge in [-0.05, 0) is 41.4 Å². The van der Waals surface area contributed by atoms with E-state index in [-0.39, 0.29) is 0 Å². The summed E-state index contributed by atoms with van der Waals surface area (Å²) in [5, 5.41) is 3.34. The predicted molar refractivity (Wildman–Crippen MR) is 63.9 cm³/mol. The van der Waals surface area contributed by atoms with Gasteiger partial charge in [0.25, 0.3) is 0 Å². The zero-order valence-electron chi connectivity index (χ0n) is 8.74. The molecule has 3 nitrogen and oxygen atoms in total. The number of pyridine rings is 1. The van der Waals surface area contributed by atoms with Crippen molar-refractivity contribution in [2.75, 3.05) is 18.5 Å². The van der Waals surface area contributed by atoms with Gasteiger partial charge < -0.3 is 10.1 Å². The van der Waals surface area contributed by atoms with Crippen LogP contribution in [-0.2, 0) is 4.74 Å². The molecule has 0 spiro atoms. The van der Waals surface area contributed by atoms with Crippen molar-refractivity contribution >= 4 is 21.7 Å². The number of halogens is 1. The summed E-state index contributed by atoms with van der Waals surface area (Å²) in [5.74, 6) is 1.52. The molecule has 0 aliphatic carbocycles. The molecule has 82 valence electrons. The Balaban J connectivity index is 1.87. The number of rotatable bonds is 3. The first kappa shape index (κ1) is 10.9. The minimum absolute atomic E-state index is 0.365. The van der Waals surface area contributed by atoms with Crippen LogP contribution in [0.3, 0.4) is 0 Å². The second-order valence-electron chi connectivity index (χ2n) is 3.85. The molecule has 1 saturated heterocycles. The molecule has 2 rings (SSSR count). The zero-order valence-corrected chi connectivity index (χ0v) is 10.3. The minimum Gasteiger partial charge on any atom is -0.378 e. The van der Waals surface area contributed by atoms with Crippen LogP contribution in [-0.4, -0.2) is 24.2 Å². The molecule has 1 aromatic rings. The van der Waals surface area contributed by atoms with E-state index in [9.17, 15) is 0 Å². The van der Waals surface area contributed by atoms with E-state index in [1.54, 1.807) is 0 Å². The lowest BCUT2D eigenvalue weighted by molar-refractivity contribution is 0.108. The van der Waals surface area contributed by atoms with Crippen molar-refractivity contribution in [1.82, 2.24) is 4.98 Å². The Morgan fingerprint density at radius 3 is 3.13 bits per heavy atom. The molecule has 2 atom stereocenters. The van der Waals surface area contributed by atoms with Gasteiger partial charge in [-0.25, -0.2) is 4.98 Å². The van der Waals surface area contributed by atoms with Gasteiger partial charge in [0.1, 0.15) is 10.4 Å². The SMILES string of the molecule is CC1OCCC1CNc1cccc(Br)n1. The standard InChI is InChI=1S/C11H15BrN2O/c1-8-9(5-6-15-8)7-13-11-4-2-3-10(12)14-11/h2-4,8-9H,5-7H2,1H3,(H,13,14). The molecule has 2 unspecified atom stereocenters. The summed E-state index contributed by atoms with van der Waals surface area (Å²) in [4.78, 5) is 4.32. The van der Waals surface area contributed by atoms with E-state index in [0.717, 1.165) is 30.0 Å². The first-order chi connectivity index (χ1) is 7.25. The largest absolute Gasteiger partial charge is 0.378 e. The Labute approximate surface area is 98.4 Å². The van der Waals surface area contributed by atoms with E-state index in [0.29, 0.717) is 12.0 Å². The van der Waals surface area contributed by atoms with Crippen molar-refractivity contribution in [1.29, 1.82) is 0 Å². The molecule has 0 aromatic carbocycles. The van der Waals surface area contributed by atoms with Gasteiger partial charge in [0.05, 0.1) is 6.10 Å². The second kappa shape index (κ2) is 4.94. The Morgan fingerprint density at radius 1 is 1.60 bits per heavy atom. The second-order valence-corrected chi connectivity index (χ2v) is 4.66. The quantitative estimate of drug-likeness (QED) is 0.858. The minimum atomic E-state index is 0.365. The number of hydrogen-bond acceptors (Lipinski definition) is 3. The highest BCUT2D eigenvalue weighted by atomic mass is 79.9. The molecule has 0 saturated carbocycles. The highest BCUT2D eigenvalue weighted by molar-refractivity contribution is 9.10. The van der Waals surface area contributed by atoms with Crippen LogP contribution >= 0.6 is 15.9 Å². The number of aromatic nitrogens is 1. The molecule has 1 fully saturated rings. The molecule has 4 heteroatoms. The Bertz CT molecular complexity index is 332. The molecule has 1 aliphatic heterocycles. The van der Waals surface area contributed by atoms with E-state index >= 15 is 0 Å². The van der Waals surface area contributed by atoms with Gasteiger partial charge >= 0.3 is 0 Å². The summed E-state index contributed by atoms with van der Waals surface area (Å²) < 4.78 is 6.37. The summed E-state index contributed by atoms with van der Waals surface area (Å²) in [7, 11) is 0. The van der Waals surface area contributed by atoms with Crippen molar-refractivity contribution in [3.63, 3.8) is 0 Å². The lowest BCUT2D eigenvalue weighted by atomic mass is 10.0. The van der Waals surface area contributed by atoms with E-state index in [4.69, 9.17) is 4.74 Å². The van der Waals surface area contributed by atoms with Crippen molar-refractivity contribution < 1.29 is 4.74 Å². The molecule has 0 bridgehead atoms. The molecule has 15 heavy (non-hydrogen) atoms.